The molecule has 2 aliphatic carbocycles. The Kier molecular flexibility index (Phi) is 5.93. The van der Waals surface area contributed by atoms with Gasteiger partial charge in [0.15, 0.2) is 0 Å². The highest BCUT2D eigenvalue weighted by Gasteiger charge is 2.52. The largest absolute Gasteiger partial charge is 0.0725 e. The maximum atomic E-state index is 2.57. The summed E-state index contributed by atoms with van der Waals surface area (Å²) < 4.78 is 0. The maximum Gasteiger partial charge on any atom is 0.0725 e. The van der Waals surface area contributed by atoms with Gasteiger partial charge in [-0.2, -0.15) is 0 Å². The average molecular weight is 767 g/mol. The Morgan fingerprint density at radius 1 is 0.213 bits per heavy atom. The van der Waals surface area contributed by atoms with E-state index in [0.717, 1.165) is 0 Å². The predicted octanol–water partition coefficient (Wildman–Crippen LogP) is 16.3. The van der Waals surface area contributed by atoms with Gasteiger partial charge in [0.1, 0.15) is 0 Å². The summed E-state index contributed by atoms with van der Waals surface area (Å²) in [6.45, 7) is 0. The van der Waals surface area contributed by atoms with Crippen LogP contribution < -0.4 is 0 Å². The van der Waals surface area contributed by atoms with Gasteiger partial charge >= 0.3 is 0 Å². The third-order valence-corrected chi connectivity index (χ3v) is 14.7. The molecule has 0 aliphatic heterocycles. The Bertz CT molecular complexity index is 3920. The van der Waals surface area contributed by atoms with E-state index in [1.54, 1.807) is 0 Å². The lowest BCUT2D eigenvalue weighted by Gasteiger charge is -2.31. The second-order valence-corrected chi connectivity index (χ2v) is 17.5. The number of benzene rings is 13. The van der Waals surface area contributed by atoms with Crippen molar-refractivity contribution in [1.29, 1.82) is 0 Å². The van der Waals surface area contributed by atoms with Crippen LogP contribution in [-0.2, 0) is 5.41 Å². The highest BCUT2D eigenvalue weighted by Crippen LogP contribution is 2.64. The molecule has 0 fully saturated rings. The van der Waals surface area contributed by atoms with Gasteiger partial charge in [-0.1, -0.05) is 176 Å². The van der Waals surface area contributed by atoms with E-state index in [-0.39, 0.29) is 0 Å². The summed E-state index contributed by atoms with van der Waals surface area (Å²) in [6, 6.07) is 78.9. The van der Waals surface area contributed by atoms with E-state index in [1.807, 2.05) is 0 Å². The number of hydrogen-bond donors (Lipinski definition) is 0. The topological polar surface area (TPSA) is 0 Å². The summed E-state index contributed by atoms with van der Waals surface area (Å²) in [5.41, 5.74) is 15.3. The molecule has 1 spiro atoms. The van der Waals surface area contributed by atoms with Crippen molar-refractivity contribution >= 4 is 75.4 Å². The number of fused-ring (bicyclic) bond motifs is 11. The van der Waals surface area contributed by atoms with Crippen LogP contribution in [0.2, 0.25) is 0 Å². The molecule has 13 aromatic carbocycles. The quantitative estimate of drug-likeness (QED) is 0.154. The lowest BCUT2D eigenvalue weighted by molar-refractivity contribution is 0.795. The molecule has 0 radical (unpaired) electrons. The smallest absolute Gasteiger partial charge is 0.0619 e. The minimum atomic E-state index is -0.480. The molecule has 0 heteroatoms. The van der Waals surface area contributed by atoms with Crippen LogP contribution in [0.25, 0.3) is 120 Å². The Labute approximate surface area is 352 Å². The Hall–Kier alpha value is -7.80. The summed E-state index contributed by atoms with van der Waals surface area (Å²) in [4.78, 5) is 0. The Morgan fingerprint density at radius 3 is 1.36 bits per heavy atom. The van der Waals surface area contributed by atoms with E-state index in [4.69, 9.17) is 0 Å². The van der Waals surface area contributed by atoms with Crippen LogP contribution in [0.4, 0.5) is 0 Å². The maximum absolute atomic E-state index is 2.57. The molecule has 15 rings (SSSR count). The molecule has 0 heterocycles. The third kappa shape index (κ3) is 3.96. The molecule has 0 aromatic heterocycles. The van der Waals surface area contributed by atoms with Crippen molar-refractivity contribution in [3.05, 3.63) is 229 Å². The van der Waals surface area contributed by atoms with E-state index in [2.05, 4.69) is 206 Å². The Morgan fingerprint density at radius 2 is 0.672 bits per heavy atom. The summed E-state index contributed by atoms with van der Waals surface area (Å²) in [5, 5.41) is 18.3. The summed E-state index contributed by atoms with van der Waals surface area (Å²) in [5.74, 6) is 0. The summed E-state index contributed by atoms with van der Waals surface area (Å²) >= 11 is 0. The molecule has 0 unspecified atom stereocenters. The fraction of sp³-hybridized carbons (Fsp3) is 0.0164. The zero-order valence-electron chi connectivity index (χ0n) is 33.1. The normalized spacial score (nSPS) is 13.7. The molecule has 0 bridgehead atoms. The van der Waals surface area contributed by atoms with Crippen molar-refractivity contribution in [3.8, 4) is 44.5 Å². The van der Waals surface area contributed by atoms with Crippen molar-refractivity contribution in [1.82, 2.24) is 0 Å². The minimum Gasteiger partial charge on any atom is -0.0619 e. The van der Waals surface area contributed by atoms with Crippen LogP contribution in [0.15, 0.2) is 206 Å². The molecule has 61 heavy (non-hydrogen) atoms. The van der Waals surface area contributed by atoms with E-state index in [9.17, 15) is 0 Å². The van der Waals surface area contributed by atoms with Gasteiger partial charge in [-0.05, 0) is 173 Å². The molecular weight excluding hydrogens is 733 g/mol. The van der Waals surface area contributed by atoms with Crippen molar-refractivity contribution in [2.45, 2.75) is 5.41 Å². The van der Waals surface area contributed by atoms with E-state index in [1.165, 1.54) is 142 Å². The van der Waals surface area contributed by atoms with Gasteiger partial charge in [-0.25, -0.2) is 0 Å². The van der Waals surface area contributed by atoms with Crippen molar-refractivity contribution in [2.24, 2.45) is 0 Å². The highest BCUT2D eigenvalue weighted by atomic mass is 14.5. The van der Waals surface area contributed by atoms with Gasteiger partial charge in [0.25, 0.3) is 0 Å². The third-order valence-electron chi connectivity index (χ3n) is 14.7. The highest BCUT2D eigenvalue weighted by molar-refractivity contribution is 6.26. The Balaban J connectivity index is 1.01. The molecule has 13 aromatic rings. The fourth-order valence-electron chi connectivity index (χ4n) is 12.2. The van der Waals surface area contributed by atoms with Crippen molar-refractivity contribution in [3.63, 3.8) is 0 Å². The van der Waals surface area contributed by atoms with Gasteiger partial charge in [-0.3, -0.25) is 0 Å². The molecule has 0 amide bonds. The minimum absolute atomic E-state index is 0.480. The standard InChI is InChI=1S/C61H34/c1-3-16-53-47(13-1)48-14-2-4-17-54(48)61(53)55-33-41(46-27-24-39-19-18-37-10-6-11-38-25-29-50(46)60(39)58(37)38)26-28-49(55)52-32-40-12-7-15-45(51(40)34-56(52)61)44-30-42-22-20-35-8-5-9-36-21-23-43(31-44)59(42)57(35)36/h1-34H. The molecule has 0 saturated heterocycles. The summed E-state index contributed by atoms with van der Waals surface area (Å²) in [6.07, 6.45) is 0. The monoisotopic (exact) mass is 766 g/mol. The van der Waals surface area contributed by atoms with Crippen LogP contribution in [0.1, 0.15) is 22.3 Å². The van der Waals surface area contributed by atoms with E-state index >= 15 is 0 Å². The first-order chi connectivity index (χ1) is 30.2. The van der Waals surface area contributed by atoms with Gasteiger partial charge in [0.2, 0.25) is 0 Å². The van der Waals surface area contributed by atoms with Crippen LogP contribution in [0, 0.1) is 0 Å². The second-order valence-electron chi connectivity index (χ2n) is 17.5. The SMILES string of the molecule is c1ccc2c(c1)-c1ccccc1C21c2cc(-c3ccc4ccc5cccc6ccc3c4c56)ccc2-c2cc3cccc(-c4cc5ccc6cccc7ccc(c4)c5c67)c3cc21. The van der Waals surface area contributed by atoms with Gasteiger partial charge in [-0.15, -0.1) is 0 Å². The van der Waals surface area contributed by atoms with Crippen LogP contribution >= 0.6 is 0 Å². The molecule has 0 atom stereocenters. The van der Waals surface area contributed by atoms with Crippen LogP contribution in [0.3, 0.4) is 0 Å². The molecule has 0 saturated carbocycles. The van der Waals surface area contributed by atoms with Crippen molar-refractivity contribution < 1.29 is 0 Å². The average Bonchev–Trinajstić information content (AvgIpc) is 3.78. The van der Waals surface area contributed by atoms with Crippen LogP contribution in [-0.4, -0.2) is 0 Å². The molecule has 0 nitrogen and oxygen atoms in total. The lowest BCUT2D eigenvalue weighted by Crippen LogP contribution is -2.26. The van der Waals surface area contributed by atoms with Gasteiger partial charge in [0.05, 0.1) is 5.41 Å². The molecule has 2 aliphatic rings. The first kappa shape index (κ1) is 32.1. The first-order valence-electron chi connectivity index (χ1n) is 21.5. The number of rotatable bonds is 2. The zero-order valence-corrected chi connectivity index (χ0v) is 33.1. The molecule has 278 valence electrons. The van der Waals surface area contributed by atoms with Gasteiger partial charge in [0, 0.05) is 0 Å². The van der Waals surface area contributed by atoms with Gasteiger partial charge < -0.3 is 0 Å². The molecular formula is C61H34. The predicted molar refractivity (Wildman–Crippen MR) is 259 cm³/mol. The fourth-order valence-corrected chi connectivity index (χ4v) is 12.2. The van der Waals surface area contributed by atoms with Crippen molar-refractivity contribution in [2.75, 3.05) is 0 Å². The van der Waals surface area contributed by atoms with E-state index in [0.29, 0.717) is 0 Å². The molecule has 0 N–H and O–H groups in total. The second kappa shape index (κ2) is 11.3. The first-order valence-corrected chi connectivity index (χ1v) is 21.5. The zero-order chi connectivity index (χ0) is 39.6. The van der Waals surface area contributed by atoms with Crippen LogP contribution in [0.5, 0.6) is 0 Å². The lowest BCUT2D eigenvalue weighted by atomic mass is 9.70. The number of hydrogen-bond acceptors (Lipinski definition) is 0. The van der Waals surface area contributed by atoms with E-state index < -0.39 is 5.41 Å². The summed E-state index contributed by atoms with van der Waals surface area (Å²) in [7, 11) is 0.